The first kappa shape index (κ1) is 30.6. The molecule has 1 aliphatic heterocycles. The number of amides is 3. The number of benzene rings is 3. The molecule has 0 radical (unpaired) electrons. The molecule has 0 unspecified atom stereocenters. The number of aromatic hydroxyl groups is 1. The molecule has 8 nitrogen and oxygen atoms in total. The zero-order valence-electron chi connectivity index (χ0n) is 24.6. The number of nitrogens with one attached hydrogen (secondary N) is 2. The lowest BCUT2D eigenvalue weighted by molar-refractivity contribution is -0.147. The molecule has 0 aromatic heterocycles. The first-order chi connectivity index (χ1) is 20.7. The first-order valence-electron chi connectivity index (χ1n) is 14.8. The molecule has 3 amide bonds. The zero-order chi connectivity index (χ0) is 30.6. The molecule has 1 spiro atoms. The van der Waals surface area contributed by atoms with Gasteiger partial charge in [-0.3, -0.25) is 14.4 Å². The minimum Gasteiger partial charge on any atom is -0.508 e. The molecular weight excluding hydrogens is 562 g/mol. The normalized spacial score (nSPS) is 18.8. The van der Waals surface area contributed by atoms with Gasteiger partial charge in [-0.15, -0.1) is 11.8 Å². The van der Waals surface area contributed by atoms with Crippen molar-refractivity contribution >= 4 is 29.5 Å². The lowest BCUT2D eigenvalue weighted by Gasteiger charge is -2.35. The Kier molecular flexibility index (Phi) is 9.42. The van der Waals surface area contributed by atoms with Gasteiger partial charge in [-0.1, -0.05) is 73.5 Å². The van der Waals surface area contributed by atoms with Crippen LogP contribution >= 0.6 is 11.8 Å². The molecule has 3 aromatic rings. The van der Waals surface area contributed by atoms with Crippen LogP contribution in [0.5, 0.6) is 5.75 Å². The van der Waals surface area contributed by atoms with Gasteiger partial charge in [-0.05, 0) is 61.9 Å². The van der Waals surface area contributed by atoms with Crippen LogP contribution in [0.2, 0.25) is 0 Å². The van der Waals surface area contributed by atoms with Crippen LogP contribution in [-0.4, -0.2) is 61.6 Å². The standard InChI is InChI=1S/C34H39N3O5S/c1-22-11-6-7-14-25(22)20-35-32(41)30-34(17-8-9-18-34)43-21-37(30)33(42)29(39)27(19-24-12-4-3-5-13-24)36-31(40)26-15-10-16-28(38)23(26)2/h3-7,10-16,27,29-30,38-39H,8-9,17-21H2,1-2H3,(H,35,41)(H,36,40)/t27-,29-,30+/m0/s1. The molecule has 1 aliphatic carbocycles. The molecule has 226 valence electrons. The molecule has 3 aromatic carbocycles. The van der Waals surface area contributed by atoms with E-state index in [1.54, 1.807) is 30.8 Å². The monoisotopic (exact) mass is 601 g/mol. The van der Waals surface area contributed by atoms with Crippen molar-refractivity contribution in [3.8, 4) is 5.75 Å². The first-order valence-corrected chi connectivity index (χ1v) is 15.8. The van der Waals surface area contributed by atoms with Crippen LogP contribution in [0.3, 0.4) is 0 Å². The van der Waals surface area contributed by atoms with Gasteiger partial charge in [0.25, 0.3) is 11.8 Å². The topological polar surface area (TPSA) is 119 Å². The fourth-order valence-corrected chi connectivity index (χ4v) is 7.89. The summed E-state index contributed by atoms with van der Waals surface area (Å²) in [5.74, 6) is -1.04. The number of carbonyl (C=O) groups is 3. The Morgan fingerprint density at radius 3 is 2.40 bits per heavy atom. The number of carbonyl (C=O) groups excluding carboxylic acids is 3. The number of hydrogen-bond donors (Lipinski definition) is 4. The second kappa shape index (κ2) is 13.2. The predicted octanol–water partition coefficient (Wildman–Crippen LogP) is 4.24. The van der Waals surface area contributed by atoms with Gasteiger partial charge in [0.05, 0.1) is 11.9 Å². The van der Waals surface area contributed by atoms with E-state index in [0.717, 1.165) is 42.4 Å². The van der Waals surface area contributed by atoms with E-state index in [0.29, 0.717) is 12.1 Å². The number of thioether (sulfide) groups is 1. The van der Waals surface area contributed by atoms with Crippen molar-refractivity contribution in [3.05, 3.63) is 101 Å². The SMILES string of the molecule is Cc1ccccc1CNC(=O)[C@H]1N(C(=O)[C@@H](O)[C@H](Cc2ccccc2)NC(=O)c2cccc(O)c2C)CSC12CCCC2. The van der Waals surface area contributed by atoms with Gasteiger partial charge in [0, 0.05) is 22.4 Å². The molecule has 5 rings (SSSR count). The van der Waals surface area contributed by atoms with E-state index < -0.39 is 34.7 Å². The summed E-state index contributed by atoms with van der Waals surface area (Å²) in [7, 11) is 0. The quantitative estimate of drug-likeness (QED) is 0.291. The Morgan fingerprint density at radius 1 is 0.977 bits per heavy atom. The molecule has 3 atom stereocenters. The number of rotatable bonds is 9. The van der Waals surface area contributed by atoms with Crippen molar-refractivity contribution in [1.82, 2.24) is 15.5 Å². The van der Waals surface area contributed by atoms with Crippen LogP contribution in [0.1, 0.15) is 58.3 Å². The molecule has 0 bridgehead atoms. The number of nitrogens with zero attached hydrogens (tertiary/aromatic N) is 1. The van der Waals surface area contributed by atoms with Gasteiger partial charge in [-0.2, -0.15) is 0 Å². The minimum absolute atomic E-state index is 0.0145. The van der Waals surface area contributed by atoms with Crippen LogP contribution in [0.15, 0.2) is 72.8 Å². The van der Waals surface area contributed by atoms with Crippen molar-refractivity contribution in [2.45, 2.75) is 75.4 Å². The number of phenolic OH excluding ortho intramolecular Hbond substituents is 1. The molecule has 4 N–H and O–H groups in total. The smallest absolute Gasteiger partial charge is 0.254 e. The average molecular weight is 602 g/mol. The number of hydrogen-bond acceptors (Lipinski definition) is 6. The third-order valence-electron chi connectivity index (χ3n) is 8.80. The number of aryl methyl sites for hydroxylation is 1. The van der Waals surface area contributed by atoms with E-state index >= 15 is 0 Å². The second-order valence-corrected chi connectivity index (χ2v) is 12.9. The summed E-state index contributed by atoms with van der Waals surface area (Å²) in [6, 6.07) is 20.2. The Bertz CT molecular complexity index is 1470. The third kappa shape index (κ3) is 6.58. The lowest BCUT2D eigenvalue weighted by atomic mass is 9.93. The summed E-state index contributed by atoms with van der Waals surface area (Å²) < 4.78 is -0.401. The van der Waals surface area contributed by atoms with Crippen molar-refractivity contribution in [2.75, 3.05) is 5.88 Å². The summed E-state index contributed by atoms with van der Waals surface area (Å²) in [6.45, 7) is 3.99. The van der Waals surface area contributed by atoms with E-state index in [9.17, 15) is 24.6 Å². The lowest BCUT2D eigenvalue weighted by Crippen LogP contribution is -2.59. The summed E-state index contributed by atoms with van der Waals surface area (Å²) in [4.78, 5) is 42.8. The van der Waals surface area contributed by atoms with Crippen molar-refractivity contribution < 1.29 is 24.6 Å². The van der Waals surface area contributed by atoms with E-state index in [-0.39, 0.29) is 29.5 Å². The Balaban J connectivity index is 1.39. The maximum atomic E-state index is 14.1. The predicted molar refractivity (Wildman–Crippen MR) is 168 cm³/mol. The highest BCUT2D eigenvalue weighted by Crippen LogP contribution is 2.51. The van der Waals surface area contributed by atoms with E-state index in [1.807, 2.05) is 61.5 Å². The summed E-state index contributed by atoms with van der Waals surface area (Å²) in [6.07, 6.45) is 2.21. The Morgan fingerprint density at radius 2 is 1.67 bits per heavy atom. The van der Waals surface area contributed by atoms with Gasteiger partial charge < -0.3 is 25.7 Å². The Labute approximate surface area is 256 Å². The second-order valence-electron chi connectivity index (χ2n) is 11.6. The van der Waals surface area contributed by atoms with Crippen LogP contribution in [-0.2, 0) is 22.6 Å². The highest BCUT2D eigenvalue weighted by molar-refractivity contribution is 8.01. The van der Waals surface area contributed by atoms with E-state index in [2.05, 4.69) is 10.6 Å². The van der Waals surface area contributed by atoms with Crippen LogP contribution in [0, 0.1) is 13.8 Å². The van der Waals surface area contributed by atoms with E-state index in [1.165, 1.54) is 11.0 Å². The molecular formula is C34H39N3O5S. The number of aliphatic hydroxyl groups excluding tert-OH is 1. The molecule has 9 heteroatoms. The van der Waals surface area contributed by atoms with Gasteiger partial charge >= 0.3 is 0 Å². The van der Waals surface area contributed by atoms with Crippen molar-refractivity contribution in [2.24, 2.45) is 0 Å². The van der Waals surface area contributed by atoms with Crippen LogP contribution in [0.25, 0.3) is 0 Å². The van der Waals surface area contributed by atoms with Gasteiger partial charge in [-0.25, -0.2) is 0 Å². The summed E-state index contributed by atoms with van der Waals surface area (Å²) in [5, 5.41) is 27.7. The molecule has 2 fully saturated rings. The van der Waals surface area contributed by atoms with Crippen LogP contribution < -0.4 is 10.6 Å². The fourth-order valence-electron chi connectivity index (χ4n) is 6.25. The van der Waals surface area contributed by atoms with Crippen LogP contribution in [0.4, 0.5) is 0 Å². The summed E-state index contributed by atoms with van der Waals surface area (Å²) in [5.41, 5.74) is 3.58. The van der Waals surface area contributed by atoms with Crippen molar-refractivity contribution in [1.29, 1.82) is 0 Å². The maximum Gasteiger partial charge on any atom is 0.254 e. The fraction of sp³-hybridized carbons (Fsp3) is 0.382. The minimum atomic E-state index is -1.59. The molecule has 1 heterocycles. The molecule has 2 aliphatic rings. The molecule has 43 heavy (non-hydrogen) atoms. The average Bonchev–Trinajstić information content (AvgIpc) is 3.64. The third-order valence-corrected chi connectivity index (χ3v) is 10.4. The van der Waals surface area contributed by atoms with Gasteiger partial charge in [0.15, 0.2) is 6.10 Å². The number of phenols is 1. The molecule has 1 saturated carbocycles. The van der Waals surface area contributed by atoms with E-state index in [4.69, 9.17) is 0 Å². The highest BCUT2D eigenvalue weighted by atomic mass is 32.2. The van der Waals surface area contributed by atoms with Gasteiger partial charge in [0.1, 0.15) is 11.8 Å². The largest absolute Gasteiger partial charge is 0.508 e. The maximum absolute atomic E-state index is 14.1. The number of aliphatic hydroxyl groups is 1. The summed E-state index contributed by atoms with van der Waals surface area (Å²) >= 11 is 1.62. The zero-order valence-corrected chi connectivity index (χ0v) is 25.4. The van der Waals surface area contributed by atoms with Gasteiger partial charge in [0.2, 0.25) is 5.91 Å². The van der Waals surface area contributed by atoms with Crippen molar-refractivity contribution in [3.63, 3.8) is 0 Å². The molecule has 1 saturated heterocycles. The Hall–Kier alpha value is -3.82. The highest BCUT2D eigenvalue weighted by Gasteiger charge is 2.55.